The Balaban J connectivity index is 1.71. The summed E-state index contributed by atoms with van der Waals surface area (Å²) in [5.41, 5.74) is 1.73. The van der Waals surface area contributed by atoms with Crippen molar-refractivity contribution in [2.75, 3.05) is 26.2 Å². The zero-order valence-corrected chi connectivity index (χ0v) is 14.5. The smallest absolute Gasteiger partial charge is 0.260 e. The fourth-order valence-corrected chi connectivity index (χ4v) is 2.99. The number of amides is 1. The lowest BCUT2D eigenvalue weighted by atomic mass is 10.2. The van der Waals surface area contributed by atoms with Gasteiger partial charge in [0.05, 0.1) is 5.69 Å². The van der Waals surface area contributed by atoms with E-state index in [4.69, 9.17) is 9.72 Å². The molecule has 2 aromatic rings. The molecule has 0 aliphatic carbocycles. The van der Waals surface area contributed by atoms with Gasteiger partial charge in [0.2, 0.25) is 0 Å². The number of ether oxygens (including phenoxy) is 1. The summed E-state index contributed by atoms with van der Waals surface area (Å²) in [7, 11) is 0. The molecule has 0 spiro atoms. The molecule has 24 heavy (non-hydrogen) atoms. The van der Waals surface area contributed by atoms with Crippen LogP contribution < -0.4 is 10.1 Å². The van der Waals surface area contributed by atoms with E-state index in [9.17, 15) is 4.79 Å². The quantitative estimate of drug-likeness (QED) is 0.847. The molecule has 6 heteroatoms. The van der Waals surface area contributed by atoms with Gasteiger partial charge in [-0.2, -0.15) is 0 Å². The van der Waals surface area contributed by atoms with Crippen LogP contribution in [0.2, 0.25) is 0 Å². The molecule has 3 rings (SSSR count). The van der Waals surface area contributed by atoms with E-state index in [1.54, 1.807) is 0 Å². The highest BCUT2D eigenvalue weighted by atomic mass is 16.5. The number of pyridine rings is 1. The molecule has 1 unspecified atom stereocenters. The Morgan fingerprint density at radius 1 is 1.42 bits per heavy atom. The predicted octanol–water partition coefficient (Wildman–Crippen LogP) is 2.40. The van der Waals surface area contributed by atoms with Crippen molar-refractivity contribution >= 4 is 11.6 Å². The van der Waals surface area contributed by atoms with Crippen LogP contribution in [0.15, 0.2) is 24.5 Å². The Bertz CT molecular complexity index is 691. The Morgan fingerprint density at radius 2 is 2.21 bits per heavy atom. The fraction of sp³-hybridized carbons (Fsp3) is 0.556. The van der Waals surface area contributed by atoms with E-state index >= 15 is 0 Å². The number of hydrogen-bond donors (Lipinski definition) is 1. The number of fused-ring (bicyclic) bond motifs is 1. The topological polar surface area (TPSA) is 58.9 Å². The summed E-state index contributed by atoms with van der Waals surface area (Å²) in [6.07, 6.45) is 7.23. The molecule has 0 bridgehead atoms. The van der Waals surface area contributed by atoms with Crippen molar-refractivity contribution in [1.29, 1.82) is 0 Å². The lowest BCUT2D eigenvalue weighted by Gasteiger charge is -2.15. The van der Waals surface area contributed by atoms with Crippen LogP contribution in [0.3, 0.4) is 0 Å². The van der Waals surface area contributed by atoms with Gasteiger partial charge in [-0.15, -0.1) is 0 Å². The van der Waals surface area contributed by atoms with Crippen molar-refractivity contribution < 1.29 is 9.53 Å². The molecule has 1 aliphatic rings. The maximum Gasteiger partial charge on any atom is 0.260 e. The number of nitrogens with zero attached hydrogens (tertiary/aromatic N) is 3. The van der Waals surface area contributed by atoms with Gasteiger partial charge in [-0.05, 0) is 44.9 Å². The van der Waals surface area contributed by atoms with E-state index in [0.29, 0.717) is 5.75 Å². The Labute approximate surface area is 142 Å². The third-order valence-electron chi connectivity index (χ3n) is 4.42. The molecule has 1 atom stereocenters. The average Bonchev–Trinajstić information content (AvgIpc) is 3.26. The molecule has 1 fully saturated rings. The maximum absolute atomic E-state index is 12.2. The van der Waals surface area contributed by atoms with E-state index in [1.807, 2.05) is 33.8 Å². The van der Waals surface area contributed by atoms with Crippen LogP contribution >= 0.6 is 0 Å². The van der Waals surface area contributed by atoms with E-state index in [2.05, 4.69) is 19.2 Å². The molecule has 1 N–H and O–H groups in total. The summed E-state index contributed by atoms with van der Waals surface area (Å²) in [6, 6.07) is 3.97. The van der Waals surface area contributed by atoms with Crippen LogP contribution in [0.5, 0.6) is 5.75 Å². The minimum absolute atomic E-state index is 0.0549. The molecule has 1 saturated heterocycles. The minimum atomic E-state index is 0.0549. The first-order chi connectivity index (χ1) is 11.7. The largest absolute Gasteiger partial charge is 0.480 e. The zero-order valence-electron chi connectivity index (χ0n) is 14.5. The number of hydrogen-bond acceptors (Lipinski definition) is 4. The first-order valence-corrected chi connectivity index (χ1v) is 8.80. The van der Waals surface area contributed by atoms with Crippen molar-refractivity contribution in [3.63, 3.8) is 0 Å². The highest BCUT2D eigenvalue weighted by molar-refractivity contribution is 5.78. The van der Waals surface area contributed by atoms with Crippen molar-refractivity contribution in [2.45, 2.75) is 39.2 Å². The van der Waals surface area contributed by atoms with Gasteiger partial charge in [-0.25, -0.2) is 4.98 Å². The van der Waals surface area contributed by atoms with Crippen molar-refractivity contribution in [2.24, 2.45) is 0 Å². The van der Waals surface area contributed by atoms with Gasteiger partial charge in [-0.1, -0.05) is 6.92 Å². The lowest BCUT2D eigenvalue weighted by molar-refractivity contribution is -0.132. The van der Waals surface area contributed by atoms with Crippen molar-refractivity contribution in [3.05, 3.63) is 30.2 Å². The van der Waals surface area contributed by atoms with Crippen LogP contribution in [0.4, 0.5) is 0 Å². The van der Waals surface area contributed by atoms with Crippen LogP contribution in [0.1, 0.15) is 44.8 Å². The molecule has 6 nitrogen and oxygen atoms in total. The molecule has 0 radical (unpaired) electrons. The van der Waals surface area contributed by atoms with Crippen LogP contribution in [0.25, 0.3) is 5.65 Å². The van der Waals surface area contributed by atoms with E-state index in [0.717, 1.165) is 50.2 Å². The van der Waals surface area contributed by atoms with Crippen LogP contribution in [-0.4, -0.2) is 46.4 Å². The van der Waals surface area contributed by atoms with Gasteiger partial charge in [0.25, 0.3) is 5.91 Å². The number of rotatable bonds is 7. The number of imidazole rings is 1. The molecular weight excluding hydrogens is 304 g/mol. The number of likely N-dealkylation sites (tertiary alicyclic amines) is 1. The molecule has 2 aromatic heterocycles. The normalized spacial score (nSPS) is 15.8. The summed E-state index contributed by atoms with van der Waals surface area (Å²) in [4.78, 5) is 18.7. The van der Waals surface area contributed by atoms with Crippen molar-refractivity contribution in [3.8, 4) is 5.75 Å². The van der Waals surface area contributed by atoms with Gasteiger partial charge >= 0.3 is 0 Å². The molecule has 0 aromatic carbocycles. The molecular formula is C18H26N4O2. The maximum atomic E-state index is 12.2. The molecule has 1 amide bonds. The van der Waals surface area contributed by atoms with Crippen LogP contribution in [0, 0.1) is 0 Å². The lowest BCUT2D eigenvalue weighted by Crippen LogP contribution is -2.32. The minimum Gasteiger partial charge on any atom is -0.480 e. The summed E-state index contributed by atoms with van der Waals surface area (Å²) >= 11 is 0. The van der Waals surface area contributed by atoms with E-state index in [1.165, 1.54) is 0 Å². The third kappa shape index (κ3) is 3.70. The average molecular weight is 330 g/mol. The number of carbonyl (C=O) groups is 1. The third-order valence-corrected chi connectivity index (χ3v) is 4.42. The molecule has 3 heterocycles. The van der Waals surface area contributed by atoms with Gasteiger partial charge in [0, 0.05) is 31.5 Å². The van der Waals surface area contributed by atoms with Gasteiger partial charge in [0.15, 0.2) is 18.0 Å². The summed E-state index contributed by atoms with van der Waals surface area (Å²) in [6.45, 7) is 6.98. The van der Waals surface area contributed by atoms with Crippen molar-refractivity contribution in [1.82, 2.24) is 19.6 Å². The Hall–Kier alpha value is -2.08. The monoisotopic (exact) mass is 330 g/mol. The number of nitrogens with one attached hydrogen (secondary N) is 1. The van der Waals surface area contributed by atoms with Gasteiger partial charge in [0.1, 0.15) is 0 Å². The first-order valence-electron chi connectivity index (χ1n) is 8.80. The molecule has 1 aliphatic heterocycles. The summed E-state index contributed by atoms with van der Waals surface area (Å²) < 4.78 is 7.73. The second-order valence-electron chi connectivity index (χ2n) is 6.32. The van der Waals surface area contributed by atoms with E-state index in [-0.39, 0.29) is 18.6 Å². The van der Waals surface area contributed by atoms with Gasteiger partial charge in [-0.3, -0.25) is 4.79 Å². The first kappa shape index (κ1) is 16.8. The predicted molar refractivity (Wildman–Crippen MR) is 93.2 cm³/mol. The highest BCUT2D eigenvalue weighted by Crippen LogP contribution is 2.22. The van der Waals surface area contributed by atoms with Crippen LogP contribution in [-0.2, 0) is 4.79 Å². The second-order valence-corrected chi connectivity index (χ2v) is 6.32. The fourth-order valence-electron chi connectivity index (χ4n) is 2.99. The van der Waals surface area contributed by atoms with Gasteiger partial charge < -0.3 is 19.4 Å². The SMILES string of the molecule is CCCNC(C)c1cn2cccc(OCC(=O)N3CCCC3)c2n1. The second kappa shape index (κ2) is 7.66. The molecule has 130 valence electrons. The summed E-state index contributed by atoms with van der Waals surface area (Å²) in [5.74, 6) is 0.707. The number of aromatic nitrogens is 2. The Morgan fingerprint density at radius 3 is 2.96 bits per heavy atom. The molecule has 0 saturated carbocycles. The number of carbonyl (C=O) groups excluding carboxylic acids is 1. The van der Waals surface area contributed by atoms with E-state index < -0.39 is 0 Å². The summed E-state index contributed by atoms with van der Waals surface area (Å²) in [5, 5.41) is 3.44. The zero-order chi connectivity index (χ0) is 16.9. The Kier molecular flexibility index (Phi) is 5.35. The standard InChI is InChI=1S/C18H26N4O2/c1-3-8-19-14(2)15-12-22-11-6-7-16(18(22)20-15)24-13-17(23)21-9-4-5-10-21/h6-7,11-12,14,19H,3-5,8-10,13H2,1-2H3. The highest BCUT2D eigenvalue weighted by Gasteiger charge is 2.19.